The van der Waals surface area contributed by atoms with Gasteiger partial charge in [-0.1, -0.05) is 11.3 Å². The number of methoxy groups -OCH3 is 2. The van der Waals surface area contributed by atoms with Gasteiger partial charge in [-0.25, -0.2) is 18.4 Å². The fourth-order valence-electron chi connectivity index (χ4n) is 2.96. The number of anilines is 4. The molecule has 0 aliphatic rings. The van der Waals surface area contributed by atoms with Gasteiger partial charge in [0.15, 0.2) is 16.1 Å². The number of thiazole rings is 2. The molecule has 3 heterocycles. The van der Waals surface area contributed by atoms with Gasteiger partial charge in [0.2, 0.25) is 11.8 Å². The molecule has 188 valence electrons. The van der Waals surface area contributed by atoms with Crippen LogP contribution in [0.1, 0.15) is 12.6 Å². The summed E-state index contributed by atoms with van der Waals surface area (Å²) < 4.78 is 38.0. The first-order valence-electron chi connectivity index (χ1n) is 10.2. The maximum atomic E-state index is 12.8. The smallest absolute Gasteiger partial charge is 0.321 e. The molecule has 0 aliphatic heterocycles. The van der Waals surface area contributed by atoms with Crippen molar-refractivity contribution < 1.29 is 22.7 Å². The zero-order valence-electron chi connectivity index (χ0n) is 19.5. The number of nitrogens with zero attached hydrogens (tertiary/aromatic N) is 4. The molecule has 3 aromatic heterocycles. The molecular formula is C21H21N7O5S3. The van der Waals surface area contributed by atoms with Gasteiger partial charge in [-0.05, 0) is 31.2 Å². The van der Waals surface area contributed by atoms with Crippen LogP contribution in [-0.4, -0.2) is 48.5 Å². The van der Waals surface area contributed by atoms with Crippen LogP contribution in [0.25, 0.3) is 10.6 Å². The van der Waals surface area contributed by atoms with E-state index in [1.165, 1.54) is 62.0 Å². The van der Waals surface area contributed by atoms with E-state index >= 15 is 0 Å². The summed E-state index contributed by atoms with van der Waals surface area (Å²) >= 11 is 2.74. The molecule has 3 N–H and O–H groups in total. The van der Waals surface area contributed by atoms with Crippen molar-refractivity contribution in [3.63, 3.8) is 0 Å². The lowest BCUT2D eigenvalue weighted by Gasteiger charge is -2.10. The second-order valence-electron chi connectivity index (χ2n) is 7.19. The van der Waals surface area contributed by atoms with Crippen molar-refractivity contribution in [2.75, 3.05) is 29.6 Å². The number of hydrogen-bond acceptors (Lipinski definition) is 12. The van der Waals surface area contributed by atoms with Crippen molar-refractivity contribution in [3.8, 4) is 22.5 Å². The minimum atomic E-state index is -3.92. The van der Waals surface area contributed by atoms with E-state index in [-0.39, 0.29) is 28.5 Å². The number of nitrogens with one attached hydrogen (secondary N) is 3. The predicted molar refractivity (Wildman–Crippen MR) is 138 cm³/mol. The van der Waals surface area contributed by atoms with Gasteiger partial charge in [0, 0.05) is 24.1 Å². The number of carbonyl (C=O) groups excluding carboxylic acids is 1. The van der Waals surface area contributed by atoms with Gasteiger partial charge < -0.3 is 20.1 Å². The molecular weight excluding hydrogens is 526 g/mol. The van der Waals surface area contributed by atoms with Crippen LogP contribution in [0.2, 0.25) is 0 Å². The predicted octanol–water partition coefficient (Wildman–Crippen LogP) is 3.89. The van der Waals surface area contributed by atoms with Crippen molar-refractivity contribution in [2.24, 2.45) is 0 Å². The van der Waals surface area contributed by atoms with E-state index in [1.54, 1.807) is 12.1 Å². The lowest BCUT2D eigenvalue weighted by Crippen LogP contribution is -2.14. The van der Waals surface area contributed by atoms with Gasteiger partial charge in [-0.3, -0.25) is 9.52 Å². The largest absolute Gasteiger partial charge is 0.481 e. The molecule has 0 saturated carbocycles. The molecule has 0 bridgehead atoms. The molecule has 36 heavy (non-hydrogen) atoms. The number of rotatable bonds is 9. The Kier molecular flexibility index (Phi) is 7.32. The van der Waals surface area contributed by atoms with Crippen molar-refractivity contribution in [2.45, 2.75) is 18.7 Å². The summed E-state index contributed by atoms with van der Waals surface area (Å²) in [5.74, 6) is -0.0221. The van der Waals surface area contributed by atoms with Gasteiger partial charge in [0.1, 0.15) is 0 Å². The Labute approximate surface area is 214 Å². The highest BCUT2D eigenvalue weighted by molar-refractivity contribution is 7.92. The molecule has 4 aromatic rings. The number of sulfonamides is 1. The number of benzene rings is 1. The van der Waals surface area contributed by atoms with E-state index < -0.39 is 10.0 Å². The second-order valence-corrected chi connectivity index (χ2v) is 10.7. The molecule has 0 unspecified atom stereocenters. The average molecular weight is 548 g/mol. The van der Waals surface area contributed by atoms with E-state index in [4.69, 9.17) is 9.47 Å². The third-order valence-electron chi connectivity index (χ3n) is 4.55. The summed E-state index contributed by atoms with van der Waals surface area (Å²) in [5.41, 5.74) is 2.15. The molecule has 0 fully saturated rings. The van der Waals surface area contributed by atoms with Crippen LogP contribution >= 0.6 is 22.7 Å². The minimum absolute atomic E-state index is 0.0104. The van der Waals surface area contributed by atoms with Crippen molar-refractivity contribution in [1.82, 2.24) is 19.9 Å². The number of carbonyl (C=O) groups is 1. The minimum Gasteiger partial charge on any atom is -0.481 e. The van der Waals surface area contributed by atoms with E-state index in [9.17, 15) is 13.2 Å². The van der Waals surface area contributed by atoms with Crippen LogP contribution in [0, 0.1) is 6.92 Å². The Bertz CT molecular complexity index is 1480. The van der Waals surface area contributed by atoms with Crippen LogP contribution in [0.3, 0.4) is 0 Å². The van der Waals surface area contributed by atoms with Crippen LogP contribution in [0.4, 0.5) is 21.8 Å². The summed E-state index contributed by atoms with van der Waals surface area (Å²) in [7, 11) is -1.16. The van der Waals surface area contributed by atoms with Crippen LogP contribution < -0.4 is 24.8 Å². The molecule has 1 aromatic carbocycles. The maximum absolute atomic E-state index is 12.8. The number of aryl methyl sites for hydroxylation is 1. The second kappa shape index (κ2) is 10.4. The third kappa shape index (κ3) is 5.87. The monoisotopic (exact) mass is 547 g/mol. The zero-order valence-corrected chi connectivity index (χ0v) is 22.0. The lowest BCUT2D eigenvalue weighted by atomic mass is 10.3. The first kappa shape index (κ1) is 25.3. The van der Waals surface area contributed by atoms with E-state index in [1.807, 2.05) is 12.3 Å². The van der Waals surface area contributed by atoms with E-state index in [2.05, 4.69) is 35.3 Å². The first-order chi connectivity index (χ1) is 17.2. The van der Waals surface area contributed by atoms with Gasteiger partial charge in [-0.2, -0.15) is 9.97 Å². The lowest BCUT2D eigenvalue weighted by molar-refractivity contribution is -0.114. The van der Waals surface area contributed by atoms with Crippen LogP contribution in [0.15, 0.2) is 40.6 Å². The molecule has 4 rings (SSSR count). The highest BCUT2D eigenvalue weighted by atomic mass is 32.2. The average Bonchev–Trinajstić information content (AvgIpc) is 3.44. The molecule has 0 atom stereocenters. The number of amides is 1. The molecule has 12 nitrogen and oxygen atoms in total. The van der Waals surface area contributed by atoms with Gasteiger partial charge in [0.05, 0.1) is 35.4 Å². The molecule has 0 spiro atoms. The molecule has 15 heteroatoms. The number of ether oxygens (including phenoxy) is 2. The highest BCUT2D eigenvalue weighted by Gasteiger charge is 2.18. The number of hydrogen-bond donors (Lipinski definition) is 3. The SMILES string of the molecule is COc1cc(NS(=O)(=O)c2ccc(Nc3nc(-c4sc(NC(C)=O)nc4C)cs3)cc2)nc(OC)n1. The van der Waals surface area contributed by atoms with Gasteiger partial charge in [-0.15, -0.1) is 11.3 Å². The van der Waals surface area contributed by atoms with Crippen molar-refractivity contribution >= 4 is 60.4 Å². The summed E-state index contributed by atoms with van der Waals surface area (Å²) in [4.78, 5) is 29.0. The van der Waals surface area contributed by atoms with Crippen LogP contribution in [0.5, 0.6) is 11.9 Å². The molecule has 0 aliphatic carbocycles. The summed E-state index contributed by atoms with van der Waals surface area (Å²) in [6.45, 7) is 3.28. The summed E-state index contributed by atoms with van der Waals surface area (Å²) in [6.07, 6.45) is 0. The fraction of sp³-hybridized carbons (Fsp3) is 0.190. The normalized spacial score (nSPS) is 11.1. The van der Waals surface area contributed by atoms with Crippen molar-refractivity contribution in [1.29, 1.82) is 0 Å². The zero-order chi connectivity index (χ0) is 25.9. The van der Waals surface area contributed by atoms with Gasteiger partial charge >= 0.3 is 6.01 Å². The topological polar surface area (TPSA) is 157 Å². The Balaban J connectivity index is 1.47. The summed E-state index contributed by atoms with van der Waals surface area (Å²) in [6, 6.07) is 7.49. The molecule has 0 saturated heterocycles. The fourth-order valence-corrected chi connectivity index (χ4v) is 5.72. The first-order valence-corrected chi connectivity index (χ1v) is 13.4. The summed E-state index contributed by atoms with van der Waals surface area (Å²) in [5, 5.41) is 8.86. The Hall–Kier alpha value is -3.82. The Morgan fingerprint density at radius 1 is 1.00 bits per heavy atom. The highest BCUT2D eigenvalue weighted by Crippen LogP contribution is 2.35. The quantitative estimate of drug-likeness (QED) is 0.281. The molecule has 1 amide bonds. The van der Waals surface area contributed by atoms with E-state index in [0.717, 1.165) is 16.3 Å². The van der Waals surface area contributed by atoms with Crippen molar-refractivity contribution in [3.05, 3.63) is 41.4 Å². The maximum Gasteiger partial charge on any atom is 0.321 e. The standard InChI is InChI=1S/C21H21N7O5S3/c1-11-18(35-21(22-11)23-12(2)29)15-10-34-20(25-15)24-13-5-7-14(8-6-13)36(30,31)28-16-9-17(32-3)27-19(26-16)33-4/h5-10H,1-4H3,(H,24,25)(H,22,23,29)(H,26,27,28). The van der Waals surface area contributed by atoms with Crippen LogP contribution in [-0.2, 0) is 14.8 Å². The Morgan fingerprint density at radius 2 is 1.75 bits per heavy atom. The third-order valence-corrected chi connectivity index (χ3v) is 7.77. The number of aromatic nitrogens is 4. The van der Waals surface area contributed by atoms with E-state index in [0.29, 0.717) is 16.0 Å². The Morgan fingerprint density at radius 3 is 2.42 bits per heavy atom. The molecule has 0 radical (unpaired) electrons. The van der Waals surface area contributed by atoms with Gasteiger partial charge in [0.25, 0.3) is 10.0 Å².